The standard InChI is InChI=1S/C21H23NO4/c23-20(11-10-15-6-4-5-9-18(15)21(24)25)22-17-12-13-26-19(14-17)16-7-2-1-3-8-16/h1-9,17,19H,10-14H2,(H,22,23)(H,24,25). The monoisotopic (exact) mass is 353 g/mol. The fourth-order valence-electron chi connectivity index (χ4n) is 3.32. The summed E-state index contributed by atoms with van der Waals surface area (Å²) in [5.74, 6) is -1.01. The van der Waals surface area contributed by atoms with E-state index in [-0.39, 0.29) is 30.0 Å². The summed E-state index contributed by atoms with van der Waals surface area (Å²) in [6.45, 7) is 0.617. The van der Waals surface area contributed by atoms with Crippen LogP contribution >= 0.6 is 0 Å². The quantitative estimate of drug-likeness (QED) is 0.835. The van der Waals surface area contributed by atoms with E-state index in [0.29, 0.717) is 18.6 Å². The first kappa shape index (κ1) is 18.1. The van der Waals surface area contributed by atoms with E-state index in [1.807, 2.05) is 30.3 Å². The highest BCUT2D eigenvalue weighted by molar-refractivity contribution is 5.89. The van der Waals surface area contributed by atoms with Gasteiger partial charge in [0.25, 0.3) is 0 Å². The lowest BCUT2D eigenvalue weighted by atomic mass is 9.97. The molecule has 5 nitrogen and oxygen atoms in total. The van der Waals surface area contributed by atoms with Crippen molar-refractivity contribution in [1.29, 1.82) is 0 Å². The van der Waals surface area contributed by atoms with Crippen molar-refractivity contribution in [2.45, 2.75) is 37.8 Å². The maximum atomic E-state index is 12.3. The molecule has 0 radical (unpaired) electrons. The summed E-state index contributed by atoms with van der Waals surface area (Å²) >= 11 is 0. The fraction of sp³-hybridized carbons (Fsp3) is 0.333. The van der Waals surface area contributed by atoms with Crippen LogP contribution in [0.4, 0.5) is 0 Å². The molecule has 1 amide bonds. The number of nitrogens with one attached hydrogen (secondary N) is 1. The second-order valence-electron chi connectivity index (χ2n) is 6.52. The van der Waals surface area contributed by atoms with Crippen LogP contribution in [0.15, 0.2) is 54.6 Å². The predicted octanol–water partition coefficient (Wildman–Crippen LogP) is 3.35. The number of carbonyl (C=O) groups excluding carboxylic acids is 1. The Morgan fingerprint density at radius 3 is 2.58 bits per heavy atom. The molecule has 2 aromatic rings. The Hall–Kier alpha value is -2.66. The van der Waals surface area contributed by atoms with Crippen LogP contribution in [0.25, 0.3) is 0 Å². The zero-order chi connectivity index (χ0) is 18.4. The van der Waals surface area contributed by atoms with E-state index in [0.717, 1.165) is 18.4 Å². The molecule has 0 saturated carbocycles. The van der Waals surface area contributed by atoms with Crippen LogP contribution in [0.1, 0.15) is 46.9 Å². The van der Waals surface area contributed by atoms with Crippen molar-refractivity contribution in [3.63, 3.8) is 0 Å². The molecule has 2 N–H and O–H groups in total. The normalized spacial score (nSPS) is 19.7. The minimum Gasteiger partial charge on any atom is -0.478 e. The Balaban J connectivity index is 1.53. The lowest BCUT2D eigenvalue weighted by molar-refractivity contribution is -0.122. The molecule has 3 rings (SSSR count). The molecule has 1 heterocycles. The van der Waals surface area contributed by atoms with Crippen LogP contribution < -0.4 is 5.32 Å². The zero-order valence-electron chi connectivity index (χ0n) is 14.6. The van der Waals surface area contributed by atoms with Crippen molar-refractivity contribution >= 4 is 11.9 Å². The Morgan fingerprint density at radius 2 is 1.81 bits per heavy atom. The summed E-state index contributed by atoms with van der Waals surface area (Å²) in [5.41, 5.74) is 2.07. The topological polar surface area (TPSA) is 75.6 Å². The van der Waals surface area contributed by atoms with Gasteiger partial charge in [-0.05, 0) is 36.5 Å². The highest BCUT2D eigenvalue weighted by Gasteiger charge is 2.25. The largest absolute Gasteiger partial charge is 0.478 e. The van der Waals surface area contributed by atoms with Crippen molar-refractivity contribution in [2.75, 3.05) is 6.61 Å². The summed E-state index contributed by atoms with van der Waals surface area (Å²) < 4.78 is 5.83. The maximum Gasteiger partial charge on any atom is 0.335 e. The number of carbonyl (C=O) groups is 2. The van der Waals surface area contributed by atoms with Gasteiger partial charge in [-0.25, -0.2) is 4.79 Å². The number of ether oxygens (including phenoxy) is 1. The molecule has 1 aliphatic heterocycles. The van der Waals surface area contributed by atoms with Gasteiger partial charge in [-0.3, -0.25) is 4.79 Å². The number of carboxylic acid groups (broad SMARTS) is 1. The third-order valence-electron chi connectivity index (χ3n) is 4.69. The third-order valence-corrected chi connectivity index (χ3v) is 4.69. The van der Waals surface area contributed by atoms with Gasteiger partial charge in [0.2, 0.25) is 5.91 Å². The van der Waals surface area contributed by atoms with Crippen molar-refractivity contribution in [2.24, 2.45) is 0 Å². The summed E-state index contributed by atoms with van der Waals surface area (Å²) in [6, 6.07) is 16.9. The van der Waals surface area contributed by atoms with Crippen LogP contribution in [0.3, 0.4) is 0 Å². The van der Waals surface area contributed by atoms with Crippen molar-refractivity contribution < 1.29 is 19.4 Å². The number of aromatic carboxylic acids is 1. The lowest BCUT2D eigenvalue weighted by Crippen LogP contribution is -2.40. The maximum absolute atomic E-state index is 12.3. The molecule has 0 aromatic heterocycles. The number of hydrogen-bond acceptors (Lipinski definition) is 3. The van der Waals surface area contributed by atoms with Gasteiger partial charge in [-0.2, -0.15) is 0 Å². The average molecular weight is 353 g/mol. The van der Waals surface area contributed by atoms with Crippen LogP contribution in [0.2, 0.25) is 0 Å². The summed E-state index contributed by atoms with van der Waals surface area (Å²) in [6.07, 6.45) is 2.24. The molecule has 26 heavy (non-hydrogen) atoms. The van der Waals surface area contributed by atoms with E-state index in [1.165, 1.54) is 0 Å². The fourth-order valence-corrected chi connectivity index (χ4v) is 3.32. The van der Waals surface area contributed by atoms with E-state index in [1.54, 1.807) is 24.3 Å². The summed E-state index contributed by atoms with van der Waals surface area (Å²) in [7, 11) is 0. The van der Waals surface area contributed by atoms with Gasteiger partial charge in [-0.15, -0.1) is 0 Å². The zero-order valence-corrected chi connectivity index (χ0v) is 14.6. The molecule has 0 spiro atoms. The Bertz CT molecular complexity index is 760. The van der Waals surface area contributed by atoms with Crippen molar-refractivity contribution in [3.05, 3.63) is 71.3 Å². The van der Waals surface area contributed by atoms with Gasteiger partial charge in [0.05, 0.1) is 11.7 Å². The van der Waals surface area contributed by atoms with Gasteiger partial charge in [-0.1, -0.05) is 48.5 Å². The van der Waals surface area contributed by atoms with Gasteiger partial charge < -0.3 is 15.2 Å². The van der Waals surface area contributed by atoms with Crippen LogP contribution in [-0.4, -0.2) is 29.6 Å². The van der Waals surface area contributed by atoms with Crippen LogP contribution in [0, 0.1) is 0 Å². The van der Waals surface area contributed by atoms with E-state index >= 15 is 0 Å². The van der Waals surface area contributed by atoms with E-state index in [9.17, 15) is 14.7 Å². The number of hydrogen-bond donors (Lipinski definition) is 2. The van der Waals surface area contributed by atoms with E-state index in [2.05, 4.69) is 5.32 Å². The van der Waals surface area contributed by atoms with Gasteiger partial charge >= 0.3 is 5.97 Å². The highest BCUT2D eigenvalue weighted by atomic mass is 16.5. The smallest absolute Gasteiger partial charge is 0.335 e. The molecule has 0 aliphatic carbocycles. The number of benzene rings is 2. The Kier molecular flexibility index (Phi) is 6.02. The molecule has 1 saturated heterocycles. The molecule has 2 aromatic carbocycles. The van der Waals surface area contributed by atoms with Gasteiger partial charge in [0.1, 0.15) is 0 Å². The minimum atomic E-state index is -0.962. The summed E-state index contributed by atoms with van der Waals surface area (Å²) in [4.78, 5) is 23.5. The average Bonchev–Trinajstić information content (AvgIpc) is 2.67. The molecular formula is C21H23NO4. The molecule has 5 heteroatoms. The molecule has 2 unspecified atom stereocenters. The van der Waals surface area contributed by atoms with E-state index < -0.39 is 5.97 Å². The number of carboxylic acids is 1. The van der Waals surface area contributed by atoms with Crippen molar-refractivity contribution in [1.82, 2.24) is 5.32 Å². The summed E-state index contributed by atoms with van der Waals surface area (Å²) in [5, 5.41) is 12.3. The Labute approximate surface area is 153 Å². The SMILES string of the molecule is O=C(CCc1ccccc1C(=O)O)NC1CCOC(c2ccccc2)C1. The minimum absolute atomic E-state index is 0.00277. The van der Waals surface area contributed by atoms with Gasteiger partial charge in [0, 0.05) is 19.1 Å². The molecule has 0 bridgehead atoms. The molecule has 136 valence electrons. The first-order chi connectivity index (χ1) is 12.6. The number of aryl methyl sites for hydroxylation is 1. The van der Waals surface area contributed by atoms with E-state index in [4.69, 9.17) is 4.74 Å². The molecular weight excluding hydrogens is 330 g/mol. The molecule has 1 aliphatic rings. The second-order valence-corrected chi connectivity index (χ2v) is 6.52. The first-order valence-corrected chi connectivity index (χ1v) is 8.90. The predicted molar refractivity (Wildman–Crippen MR) is 98.0 cm³/mol. The first-order valence-electron chi connectivity index (χ1n) is 8.90. The van der Waals surface area contributed by atoms with Crippen molar-refractivity contribution in [3.8, 4) is 0 Å². The van der Waals surface area contributed by atoms with Gasteiger partial charge in [0.15, 0.2) is 0 Å². The lowest BCUT2D eigenvalue weighted by Gasteiger charge is -2.30. The highest BCUT2D eigenvalue weighted by Crippen LogP contribution is 2.28. The third kappa shape index (κ3) is 4.70. The number of amides is 1. The number of rotatable bonds is 6. The molecule has 2 atom stereocenters. The second kappa shape index (κ2) is 8.63. The van der Waals surface area contributed by atoms with Crippen LogP contribution in [-0.2, 0) is 16.0 Å². The Morgan fingerprint density at radius 1 is 1.08 bits per heavy atom. The molecule has 1 fully saturated rings. The van der Waals surface area contributed by atoms with Crippen LogP contribution in [0.5, 0.6) is 0 Å².